The molecule has 1 aliphatic rings. The van der Waals surface area contributed by atoms with Crippen molar-refractivity contribution >= 4 is 35.3 Å². The molecule has 4 nitrogen and oxygen atoms in total. The minimum atomic E-state index is 0.0162. The Labute approximate surface area is 124 Å². The minimum absolute atomic E-state index is 0.0162. The summed E-state index contributed by atoms with van der Waals surface area (Å²) < 4.78 is 7.37. The number of aromatic nitrogens is 1. The molecule has 2 aromatic rings. The molecule has 7 heteroatoms. The van der Waals surface area contributed by atoms with Crippen LogP contribution in [0.25, 0.3) is 0 Å². The third-order valence-electron chi connectivity index (χ3n) is 4.15. The third-order valence-corrected chi connectivity index (χ3v) is 6.08. The first-order valence-electron chi connectivity index (χ1n) is 7.00. The Hall–Kier alpha value is -1.59. The highest BCUT2D eigenvalue weighted by Gasteiger charge is 2.39. The molecule has 1 aliphatic heterocycles. The van der Waals surface area contributed by atoms with Crippen LogP contribution in [0, 0.1) is 0 Å². The number of rotatable bonds is 2. The second kappa shape index (κ2) is 5.42. The van der Waals surface area contributed by atoms with Crippen molar-refractivity contribution in [2.75, 3.05) is 16.0 Å². The van der Waals surface area contributed by atoms with Gasteiger partial charge in [-0.1, -0.05) is 31.8 Å². The second-order valence-corrected chi connectivity index (χ2v) is 6.59. The van der Waals surface area contributed by atoms with E-state index in [1.807, 2.05) is 6.20 Å². The van der Waals surface area contributed by atoms with Crippen LogP contribution in [0.15, 0.2) is 48.7 Å². The maximum atomic E-state index is 3.34. The summed E-state index contributed by atoms with van der Waals surface area (Å²) in [6.45, 7) is 5.36. The quantitative estimate of drug-likeness (QED) is 0.849. The molecular weight excluding hydrogens is 262 g/mol. The topological polar surface area (TPSA) is 25.5 Å². The zero-order valence-electron chi connectivity index (χ0n) is 12.2. The number of anilines is 2. The molecule has 1 N–H and O–H groups in total. The fraction of sp³-hybridized carbons (Fsp3) is 0.231. The van der Waals surface area contributed by atoms with Crippen LogP contribution in [0.5, 0.6) is 0 Å². The fourth-order valence-electron chi connectivity index (χ4n) is 2.66. The first kappa shape index (κ1) is 13.4. The number of H-pyrrole nitrogens is 1. The Morgan fingerprint density at radius 2 is 1.65 bits per heavy atom. The Kier molecular flexibility index (Phi) is 3.63. The molecule has 0 atom stereocenters. The molecule has 0 bridgehead atoms. The van der Waals surface area contributed by atoms with Gasteiger partial charge in [-0.3, -0.25) is 0 Å². The van der Waals surface area contributed by atoms with Gasteiger partial charge in [-0.05, 0) is 31.3 Å². The molecule has 0 saturated carbocycles. The zero-order chi connectivity index (χ0) is 14.1. The normalized spacial score (nSPS) is 16.9. The average Bonchev–Trinajstić information content (AvgIpc) is 3.00. The molecule has 1 fully saturated rings. The average molecular weight is 281 g/mol. The van der Waals surface area contributed by atoms with Crippen molar-refractivity contribution in [1.29, 1.82) is 0 Å². The van der Waals surface area contributed by atoms with E-state index < -0.39 is 0 Å². The molecule has 1 radical (unpaired) electrons. The summed E-state index contributed by atoms with van der Waals surface area (Å²) >= 11 is 0. The lowest BCUT2D eigenvalue weighted by Crippen LogP contribution is -2.71. The van der Waals surface area contributed by atoms with Crippen LogP contribution in [-0.2, 0) is 0 Å². The monoisotopic (exact) mass is 281 g/mol. The van der Waals surface area contributed by atoms with Crippen LogP contribution < -0.4 is 8.95 Å². The lowest BCUT2D eigenvalue weighted by Gasteiger charge is -2.48. The van der Waals surface area contributed by atoms with Gasteiger partial charge < -0.3 is 18.7 Å². The number of nitrogens with zero attached hydrogens (tertiary/aromatic N) is 3. The summed E-state index contributed by atoms with van der Waals surface area (Å²) in [4.78, 5) is 3.34. The van der Waals surface area contributed by atoms with E-state index in [2.05, 4.69) is 81.8 Å². The van der Waals surface area contributed by atoms with Crippen molar-refractivity contribution in [3.63, 3.8) is 0 Å². The Morgan fingerprint density at radius 1 is 0.950 bits per heavy atom. The maximum absolute atomic E-state index is 3.34. The lowest BCUT2D eigenvalue weighted by atomic mass is 9.62. The zero-order valence-corrected chi connectivity index (χ0v) is 13.3. The van der Waals surface area contributed by atoms with Crippen molar-refractivity contribution < 1.29 is 0 Å². The Balaban J connectivity index is 1.92. The van der Waals surface area contributed by atoms with Crippen molar-refractivity contribution in [2.45, 2.75) is 13.6 Å². The molecule has 1 aromatic carbocycles. The number of nitrogens with one attached hydrogen (secondary N) is 1. The van der Waals surface area contributed by atoms with E-state index in [9.17, 15) is 0 Å². The van der Waals surface area contributed by atoms with Crippen LogP contribution in [0.3, 0.4) is 0 Å². The summed E-state index contributed by atoms with van der Waals surface area (Å²) in [5, 5.41) is 0. The minimum Gasteiger partial charge on any atom is -0.416 e. The van der Waals surface area contributed by atoms with Crippen LogP contribution in [0.4, 0.5) is 11.5 Å². The van der Waals surface area contributed by atoms with E-state index in [0.717, 1.165) is 0 Å². The van der Waals surface area contributed by atoms with Crippen LogP contribution in [-0.4, -0.2) is 40.6 Å². The van der Waals surface area contributed by atoms with Gasteiger partial charge >= 0.3 is 14.0 Å². The van der Waals surface area contributed by atoms with E-state index in [0.29, 0.717) is 14.0 Å². The molecular formula is C13H19B2N4Si. The molecule has 3 rings (SSSR count). The van der Waals surface area contributed by atoms with Gasteiger partial charge in [0.1, 0.15) is 0 Å². The van der Waals surface area contributed by atoms with Gasteiger partial charge in [0.05, 0.1) is 5.82 Å². The summed E-state index contributed by atoms with van der Waals surface area (Å²) in [5.41, 5.74) is 1.30. The maximum Gasteiger partial charge on any atom is 0.323 e. The van der Waals surface area contributed by atoms with Crippen molar-refractivity contribution in [1.82, 2.24) is 9.71 Å². The smallest absolute Gasteiger partial charge is 0.323 e. The fourth-order valence-corrected chi connectivity index (χ4v) is 4.32. The molecule has 2 heterocycles. The van der Waals surface area contributed by atoms with E-state index >= 15 is 0 Å². The third kappa shape index (κ3) is 2.27. The van der Waals surface area contributed by atoms with Gasteiger partial charge in [0.2, 0.25) is 0 Å². The van der Waals surface area contributed by atoms with Gasteiger partial charge in [-0.15, -0.1) is 0 Å². The van der Waals surface area contributed by atoms with Crippen molar-refractivity contribution in [2.24, 2.45) is 0 Å². The molecule has 20 heavy (non-hydrogen) atoms. The molecule has 1 aromatic heterocycles. The van der Waals surface area contributed by atoms with Crippen LogP contribution in [0.1, 0.15) is 0 Å². The first-order chi connectivity index (χ1) is 9.68. The highest BCUT2D eigenvalue weighted by Crippen LogP contribution is 2.24. The molecule has 0 aliphatic carbocycles. The molecule has 1 saturated heterocycles. The van der Waals surface area contributed by atoms with Crippen LogP contribution >= 0.6 is 0 Å². The van der Waals surface area contributed by atoms with Gasteiger partial charge in [0, 0.05) is 11.9 Å². The largest absolute Gasteiger partial charge is 0.416 e. The van der Waals surface area contributed by atoms with Gasteiger partial charge in [-0.2, -0.15) is 0 Å². The highest BCUT2D eigenvalue weighted by molar-refractivity contribution is 6.92. The van der Waals surface area contributed by atoms with E-state index in [1.165, 1.54) is 11.5 Å². The predicted molar refractivity (Wildman–Crippen MR) is 90.3 cm³/mol. The molecule has 0 amide bonds. The van der Waals surface area contributed by atoms with Gasteiger partial charge in [0.15, 0.2) is 0 Å². The van der Waals surface area contributed by atoms with E-state index in [-0.39, 0.29) is 9.84 Å². The second-order valence-electron chi connectivity index (χ2n) is 5.25. The summed E-state index contributed by atoms with van der Waals surface area (Å²) in [5.74, 6) is 1.20. The number of hydrogen-bond donors (Lipinski definition) is 1. The highest BCUT2D eigenvalue weighted by atomic mass is 28.2. The van der Waals surface area contributed by atoms with Gasteiger partial charge in [-0.25, -0.2) is 0 Å². The molecule has 0 spiro atoms. The summed E-state index contributed by atoms with van der Waals surface area (Å²) in [6.07, 6.45) is 1.99. The lowest BCUT2D eigenvalue weighted by molar-refractivity contribution is 0.783. The number of benzene rings is 1. The van der Waals surface area contributed by atoms with Gasteiger partial charge in [0.25, 0.3) is 9.84 Å². The predicted octanol–water partition coefficient (Wildman–Crippen LogP) is 1.78. The van der Waals surface area contributed by atoms with Crippen LogP contribution in [0.2, 0.25) is 13.6 Å². The van der Waals surface area contributed by atoms with E-state index in [4.69, 9.17) is 0 Å². The molecule has 101 valence electrons. The number of para-hydroxylation sites is 1. The first-order valence-corrected chi connectivity index (χ1v) is 8.04. The standard InChI is InChI=1S/C13H19B2N4Si/c1-14-17(3)15(2)19(13-10-7-11-16-13)20-18(14)12-8-5-4-6-9-12/h4-11,16,20H,1-3H3. The van der Waals surface area contributed by atoms with Crippen molar-refractivity contribution in [3.8, 4) is 0 Å². The Bertz CT molecular complexity index is 551. The summed E-state index contributed by atoms with van der Waals surface area (Å²) in [7, 11) is 2.21. The Morgan fingerprint density at radius 3 is 2.30 bits per heavy atom. The summed E-state index contributed by atoms with van der Waals surface area (Å²) in [6, 6.07) is 14.9. The van der Waals surface area contributed by atoms with Crippen molar-refractivity contribution in [3.05, 3.63) is 48.7 Å². The van der Waals surface area contributed by atoms with E-state index in [1.54, 1.807) is 0 Å². The SMILES string of the molecule is CB1N(C)B(C)N(c2ccc[nH]2)[SiH]N1c1ccccc1. The number of hydrogen-bond acceptors (Lipinski definition) is 3. The molecule has 0 unspecified atom stereocenters. The number of aromatic amines is 1.